The van der Waals surface area contributed by atoms with Gasteiger partial charge in [-0.05, 0) is 36.4 Å². The number of carbonyl (C=O) groups excluding carboxylic acids is 1. The van der Waals surface area contributed by atoms with E-state index in [-0.39, 0.29) is 32.2 Å². The van der Waals surface area contributed by atoms with Crippen LogP contribution in [0, 0.1) is 0 Å². The number of nitrogens with two attached hydrogens (primary N) is 2. The van der Waals surface area contributed by atoms with Crippen molar-refractivity contribution in [2.24, 2.45) is 10.9 Å². The first-order chi connectivity index (χ1) is 11.1. The van der Waals surface area contributed by atoms with E-state index in [4.69, 9.17) is 45.7 Å². The molecule has 4 N–H and O–H groups in total. The largest absolute Gasteiger partial charge is 0.380 e. The monoisotopic (exact) mass is 409 g/mol. The van der Waals surface area contributed by atoms with Crippen LogP contribution in [0.15, 0.2) is 36.4 Å². The van der Waals surface area contributed by atoms with Crippen molar-refractivity contribution < 1.29 is 17.4 Å². The zero-order valence-corrected chi connectivity index (χ0v) is 14.8. The smallest absolute Gasteiger partial charge is 0.371 e. The normalized spacial score (nSPS) is 11.2. The first-order valence-electron chi connectivity index (χ1n) is 6.15. The zero-order valence-electron chi connectivity index (χ0n) is 11.7. The van der Waals surface area contributed by atoms with E-state index in [1.165, 1.54) is 36.4 Å². The van der Waals surface area contributed by atoms with Gasteiger partial charge in [-0.15, -0.1) is 0 Å². The van der Waals surface area contributed by atoms with E-state index in [0.29, 0.717) is 0 Å². The molecular formula is C13H10Cl3N3O4S. The maximum atomic E-state index is 11.9. The lowest BCUT2D eigenvalue weighted by Gasteiger charge is -2.23. The quantitative estimate of drug-likeness (QED) is 0.803. The standard InChI is InChI=1S/C13H10Cl3N3O4S/c14-7-5-10(15)12(11(16)6-7)19(13(17)20)8-1-3-9(4-2-8)23-24(18,21)22/h1-6H,(H2,17,20)(H2,18,21,22). The molecule has 128 valence electrons. The van der Waals surface area contributed by atoms with Crippen molar-refractivity contribution in [1.29, 1.82) is 0 Å². The molecule has 2 amide bonds. The number of hydrogen-bond donors (Lipinski definition) is 2. The average Bonchev–Trinajstić information content (AvgIpc) is 2.41. The van der Waals surface area contributed by atoms with E-state index in [1.807, 2.05) is 0 Å². The Hall–Kier alpha value is -1.71. The van der Waals surface area contributed by atoms with Gasteiger partial charge in [0.25, 0.3) is 0 Å². The molecule has 0 spiro atoms. The molecule has 7 nitrogen and oxygen atoms in total. The molecule has 0 heterocycles. The van der Waals surface area contributed by atoms with Crippen molar-refractivity contribution >= 4 is 62.5 Å². The zero-order chi connectivity index (χ0) is 18.1. The third kappa shape index (κ3) is 4.43. The van der Waals surface area contributed by atoms with Gasteiger partial charge in [0.05, 0.1) is 21.4 Å². The molecule has 0 aromatic heterocycles. The second kappa shape index (κ2) is 7.04. The Bertz CT molecular complexity index is 865. The summed E-state index contributed by atoms with van der Waals surface area (Å²) in [5, 5.41) is 5.28. The van der Waals surface area contributed by atoms with Crippen LogP contribution in [0.3, 0.4) is 0 Å². The highest BCUT2D eigenvalue weighted by molar-refractivity contribution is 7.84. The maximum Gasteiger partial charge on any atom is 0.380 e. The van der Waals surface area contributed by atoms with Crippen LogP contribution in [0.25, 0.3) is 0 Å². The van der Waals surface area contributed by atoms with Gasteiger partial charge in [0, 0.05) is 5.02 Å². The molecule has 0 aliphatic carbocycles. The Morgan fingerprint density at radius 1 is 1.04 bits per heavy atom. The fraction of sp³-hybridized carbons (Fsp3) is 0. The highest BCUT2D eigenvalue weighted by Crippen LogP contribution is 2.40. The summed E-state index contributed by atoms with van der Waals surface area (Å²) in [7, 11) is -4.16. The van der Waals surface area contributed by atoms with E-state index in [2.05, 4.69) is 4.18 Å². The minimum absolute atomic E-state index is 0.0426. The van der Waals surface area contributed by atoms with E-state index in [9.17, 15) is 13.2 Å². The van der Waals surface area contributed by atoms with Crippen LogP contribution in [0.2, 0.25) is 15.1 Å². The Balaban J connectivity index is 2.48. The number of anilines is 2. The predicted octanol–water partition coefficient (Wildman–Crippen LogP) is 3.45. The summed E-state index contributed by atoms with van der Waals surface area (Å²) in [5.74, 6) is -0.0426. The third-order valence-electron chi connectivity index (χ3n) is 2.73. The van der Waals surface area contributed by atoms with Crippen molar-refractivity contribution in [3.63, 3.8) is 0 Å². The molecule has 2 aromatic rings. The molecule has 0 unspecified atom stereocenters. The lowest BCUT2D eigenvalue weighted by Crippen LogP contribution is -2.31. The second-order valence-corrected chi connectivity index (χ2v) is 6.86. The molecule has 24 heavy (non-hydrogen) atoms. The van der Waals surface area contributed by atoms with Crippen molar-refractivity contribution in [2.45, 2.75) is 0 Å². The Morgan fingerprint density at radius 2 is 1.54 bits per heavy atom. The summed E-state index contributed by atoms with van der Waals surface area (Å²) in [6.07, 6.45) is 0. The molecule has 2 rings (SSSR count). The maximum absolute atomic E-state index is 11.9. The first-order valence-corrected chi connectivity index (χ1v) is 8.75. The summed E-state index contributed by atoms with van der Waals surface area (Å²) in [5.41, 5.74) is 5.81. The average molecular weight is 411 g/mol. The fourth-order valence-corrected chi connectivity index (χ4v) is 3.26. The summed E-state index contributed by atoms with van der Waals surface area (Å²) >= 11 is 18.1. The molecule has 0 fully saturated rings. The third-order valence-corrected chi connectivity index (χ3v) is 3.95. The van der Waals surface area contributed by atoms with Crippen LogP contribution < -0.4 is 20.0 Å². The lowest BCUT2D eigenvalue weighted by molar-refractivity contribution is 0.256. The summed E-state index contributed by atoms with van der Waals surface area (Å²) < 4.78 is 26.3. The highest BCUT2D eigenvalue weighted by Gasteiger charge is 2.22. The van der Waals surface area contributed by atoms with E-state index in [0.717, 1.165) is 4.90 Å². The van der Waals surface area contributed by atoms with Crippen LogP contribution >= 0.6 is 34.8 Å². The molecule has 0 aliphatic rings. The number of primary amides is 1. The molecular weight excluding hydrogens is 401 g/mol. The van der Waals surface area contributed by atoms with Gasteiger partial charge < -0.3 is 9.92 Å². The van der Waals surface area contributed by atoms with Gasteiger partial charge in [-0.25, -0.2) is 4.79 Å². The number of urea groups is 1. The second-order valence-electron chi connectivity index (χ2n) is 4.46. The van der Waals surface area contributed by atoms with Crippen LogP contribution in [-0.4, -0.2) is 14.4 Å². The summed E-state index contributed by atoms with van der Waals surface area (Å²) in [6, 6.07) is 7.28. The number of halogens is 3. The number of nitrogens with zero attached hydrogens (tertiary/aromatic N) is 1. The van der Waals surface area contributed by atoms with Gasteiger partial charge in [-0.1, -0.05) is 34.8 Å². The van der Waals surface area contributed by atoms with E-state index >= 15 is 0 Å². The molecule has 0 aliphatic heterocycles. The lowest BCUT2D eigenvalue weighted by atomic mass is 10.2. The number of benzene rings is 2. The molecule has 0 bridgehead atoms. The van der Waals surface area contributed by atoms with E-state index < -0.39 is 16.3 Å². The number of rotatable bonds is 4. The van der Waals surface area contributed by atoms with Gasteiger partial charge in [0.2, 0.25) is 0 Å². The van der Waals surface area contributed by atoms with Crippen LogP contribution in [-0.2, 0) is 10.3 Å². The van der Waals surface area contributed by atoms with Crippen LogP contribution in [0.1, 0.15) is 0 Å². The van der Waals surface area contributed by atoms with Gasteiger partial charge in [0.1, 0.15) is 5.75 Å². The number of hydrogen-bond acceptors (Lipinski definition) is 4. The number of amides is 2. The summed E-state index contributed by atoms with van der Waals surface area (Å²) in [6.45, 7) is 0. The van der Waals surface area contributed by atoms with Gasteiger partial charge >= 0.3 is 16.3 Å². The molecule has 0 saturated heterocycles. The SMILES string of the molecule is NC(=O)N(c1ccc(OS(N)(=O)=O)cc1)c1c(Cl)cc(Cl)cc1Cl. The number of carbonyl (C=O) groups is 1. The molecule has 11 heteroatoms. The van der Waals surface area contributed by atoms with Crippen molar-refractivity contribution in [3.8, 4) is 5.75 Å². The Morgan fingerprint density at radius 3 is 1.96 bits per heavy atom. The van der Waals surface area contributed by atoms with Crippen LogP contribution in [0.5, 0.6) is 5.75 Å². The Kier molecular flexibility index (Phi) is 5.46. The fourth-order valence-electron chi connectivity index (χ4n) is 1.90. The molecule has 0 radical (unpaired) electrons. The van der Waals surface area contributed by atoms with Crippen molar-refractivity contribution in [1.82, 2.24) is 0 Å². The molecule has 0 saturated carbocycles. The Labute approximate surface area is 152 Å². The van der Waals surface area contributed by atoms with Gasteiger partial charge in [0.15, 0.2) is 0 Å². The van der Waals surface area contributed by atoms with Gasteiger partial charge in [-0.3, -0.25) is 4.90 Å². The topological polar surface area (TPSA) is 116 Å². The minimum atomic E-state index is -4.16. The van der Waals surface area contributed by atoms with Crippen molar-refractivity contribution in [3.05, 3.63) is 51.5 Å². The predicted molar refractivity (Wildman–Crippen MR) is 93.4 cm³/mol. The first kappa shape index (κ1) is 18.6. The summed E-state index contributed by atoms with van der Waals surface area (Å²) in [4.78, 5) is 12.9. The van der Waals surface area contributed by atoms with E-state index in [1.54, 1.807) is 0 Å². The molecule has 2 aromatic carbocycles. The van der Waals surface area contributed by atoms with Crippen molar-refractivity contribution in [2.75, 3.05) is 4.90 Å². The molecule has 0 atom stereocenters. The van der Waals surface area contributed by atoms with Crippen LogP contribution in [0.4, 0.5) is 16.2 Å². The minimum Gasteiger partial charge on any atom is -0.371 e. The van der Waals surface area contributed by atoms with Gasteiger partial charge in [-0.2, -0.15) is 13.6 Å². The highest BCUT2D eigenvalue weighted by atomic mass is 35.5.